The lowest BCUT2D eigenvalue weighted by atomic mass is 10.2. The van der Waals surface area contributed by atoms with Crippen molar-refractivity contribution in [2.45, 2.75) is 33.2 Å². The summed E-state index contributed by atoms with van der Waals surface area (Å²) in [6.07, 6.45) is 0.849. The average Bonchev–Trinajstić information content (AvgIpc) is 2.34. The minimum atomic E-state index is -1.09. The van der Waals surface area contributed by atoms with Gasteiger partial charge in [-0.25, -0.2) is 9.59 Å². The van der Waals surface area contributed by atoms with Crippen LogP contribution in [0.3, 0.4) is 0 Å². The van der Waals surface area contributed by atoms with Crippen molar-refractivity contribution in [3.8, 4) is 0 Å². The topological polar surface area (TPSA) is 69.6 Å². The molecule has 0 aliphatic rings. The molecule has 0 bridgehead atoms. The third kappa shape index (κ3) is 4.42. The van der Waals surface area contributed by atoms with Gasteiger partial charge in [-0.2, -0.15) is 0 Å². The van der Waals surface area contributed by atoms with Gasteiger partial charge in [0.2, 0.25) is 0 Å². The van der Waals surface area contributed by atoms with Crippen LogP contribution in [-0.4, -0.2) is 34.6 Å². The zero-order valence-electron chi connectivity index (χ0n) is 11.8. The highest BCUT2D eigenvalue weighted by atomic mass is 35.5. The second-order valence-corrected chi connectivity index (χ2v) is 5.19. The van der Waals surface area contributed by atoms with Crippen LogP contribution in [-0.2, 0) is 0 Å². The van der Waals surface area contributed by atoms with E-state index in [1.54, 1.807) is 4.90 Å². The zero-order chi connectivity index (χ0) is 15.3. The van der Waals surface area contributed by atoms with Crippen molar-refractivity contribution in [3.63, 3.8) is 0 Å². The van der Waals surface area contributed by atoms with Gasteiger partial charge in [0.25, 0.3) is 0 Å². The van der Waals surface area contributed by atoms with Crippen LogP contribution in [0.25, 0.3) is 0 Å². The van der Waals surface area contributed by atoms with Crippen molar-refractivity contribution in [2.24, 2.45) is 0 Å². The predicted octanol–water partition coefficient (Wildman–Crippen LogP) is 3.69. The fraction of sp³-hybridized carbons (Fsp3) is 0.429. The Balaban J connectivity index is 2.91. The van der Waals surface area contributed by atoms with Crippen molar-refractivity contribution in [3.05, 3.63) is 28.8 Å². The Labute approximate surface area is 123 Å². The first kappa shape index (κ1) is 16.3. The van der Waals surface area contributed by atoms with Crippen LogP contribution in [0.5, 0.6) is 0 Å². The van der Waals surface area contributed by atoms with Gasteiger partial charge < -0.3 is 15.3 Å². The van der Waals surface area contributed by atoms with Gasteiger partial charge >= 0.3 is 12.0 Å². The molecule has 6 heteroatoms. The highest BCUT2D eigenvalue weighted by Crippen LogP contribution is 2.20. The number of anilines is 1. The minimum Gasteiger partial charge on any atom is -0.478 e. The molecule has 0 spiro atoms. The van der Waals surface area contributed by atoms with E-state index in [-0.39, 0.29) is 22.7 Å². The van der Waals surface area contributed by atoms with Gasteiger partial charge in [-0.3, -0.25) is 0 Å². The van der Waals surface area contributed by atoms with Crippen LogP contribution in [0.15, 0.2) is 18.2 Å². The molecule has 1 rings (SSSR count). The molecule has 0 heterocycles. The molecule has 20 heavy (non-hydrogen) atoms. The van der Waals surface area contributed by atoms with E-state index in [4.69, 9.17) is 16.7 Å². The van der Waals surface area contributed by atoms with Crippen molar-refractivity contribution in [1.29, 1.82) is 0 Å². The summed E-state index contributed by atoms with van der Waals surface area (Å²) in [4.78, 5) is 24.8. The first-order valence-electron chi connectivity index (χ1n) is 6.46. The van der Waals surface area contributed by atoms with E-state index in [1.807, 2.05) is 20.8 Å². The van der Waals surface area contributed by atoms with E-state index in [0.717, 1.165) is 6.42 Å². The van der Waals surface area contributed by atoms with Gasteiger partial charge in [-0.05, 0) is 38.5 Å². The van der Waals surface area contributed by atoms with E-state index in [2.05, 4.69) is 5.32 Å². The van der Waals surface area contributed by atoms with Gasteiger partial charge in [0.15, 0.2) is 0 Å². The molecule has 0 aromatic heterocycles. The Morgan fingerprint density at radius 1 is 1.35 bits per heavy atom. The van der Waals surface area contributed by atoms with E-state index in [9.17, 15) is 9.59 Å². The fourth-order valence-electron chi connectivity index (χ4n) is 1.82. The number of carbonyl (C=O) groups excluding carboxylic acids is 1. The molecule has 1 aromatic carbocycles. The third-order valence-corrected chi connectivity index (χ3v) is 2.96. The SMILES string of the molecule is CCCN(C(=O)Nc1cc(Cl)cc(C(=O)O)c1)C(C)C. The number of carbonyl (C=O) groups is 2. The Kier molecular flexibility index (Phi) is 5.82. The number of carboxylic acids is 1. The number of rotatable bonds is 5. The van der Waals surface area contributed by atoms with E-state index in [0.29, 0.717) is 12.2 Å². The van der Waals surface area contributed by atoms with Gasteiger partial charge in [0.05, 0.1) is 5.56 Å². The number of benzene rings is 1. The molecule has 5 nitrogen and oxygen atoms in total. The maximum atomic E-state index is 12.2. The summed E-state index contributed by atoms with van der Waals surface area (Å²) in [5, 5.41) is 11.9. The number of urea groups is 1. The van der Waals surface area contributed by atoms with E-state index in [1.165, 1.54) is 18.2 Å². The maximum absolute atomic E-state index is 12.2. The quantitative estimate of drug-likeness (QED) is 0.871. The van der Waals surface area contributed by atoms with Crippen molar-refractivity contribution >= 4 is 29.3 Å². The second-order valence-electron chi connectivity index (χ2n) is 4.75. The molecular weight excluding hydrogens is 280 g/mol. The molecule has 0 aliphatic carbocycles. The largest absolute Gasteiger partial charge is 0.478 e. The number of hydrogen-bond acceptors (Lipinski definition) is 2. The molecule has 0 unspecified atom stereocenters. The Morgan fingerprint density at radius 2 is 2.00 bits per heavy atom. The first-order chi connectivity index (χ1) is 9.35. The van der Waals surface area contributed by atoms with Crippen LogP contribution in [0, 0.1) is 0 Å². The van der Waals surface area contributed by atoms with Crippen molar-refractivity contribution in [1.82, 2.24) is 4.90 Å². The van der Waals surface area contributed by atoms with Crippen LogP contribution in [0.4, 0.5) is 10.5 Å². The van der Waals surface area contributed by atoms with Gasteiger partial charge in [0, 0.05) is 23.3 Å². The molecule has 0 saturated carbocycles. The van der Waals surface area contributed by atoms with Crippen LogP contribution in [0.2, 0.25) is 5.02 Å². The van der Waals surface area contributed by atoms with Crippen LogP contribution in [0.1, 0.15) is 37.6 Å². The normalized spacial score (nSPS) is 10.4. The molecule has 2 amide bonds. The summed E-state index contributed by atoms with van der Waals surface area (Å²) < 4.78 is 0. The summed E-state index contributed by atoms with van der Waals surface area (Å²) in [6, 6.07) is 4.05. The van der Waals surface area contributed by atoms with E-state index < -0.39 is 5.97 Å². The predicted molar refractivity (Wildman–Crippen MR) is 79.6 cm³/mol. The molecule has 0 atom stereocenters. The van der Waals surface area contributed by atoms with Crippen molar-refractivity contribution in [2.75, 3.05) is 11.9 Å². The molecule has 0 saturated heterocycles. The number of aromatic carboxylic acids is 1. The second kappa shape index (κ2) is 7.14. The maximum Gasteiger partial charge on any atom is 0.335 e. The number of hydrogen-bond donors (Lipinski definition) is 2. The Morgan fingerprint density at radius 3 is 2.50 bits per heavy atom. The summed E-state index contributed by atoms with van der Waals surface area (Å²) >= 11 is 5.85. The molecule has 1 aromatic rings. The van der Waals surface area contributed by atoms with Crippen molar-refractivity contribution < 1.29 is 14.7 Å². The summed E-state index contributed by atoms with van der Waals surface area (Å²) in [5.74, 6) is -1.09. The Hall–Kier alpha value is -1.75. The molecule has 0 radical (unpaired) electrons. The lowest BCUT2D eigenvalue weighted by molar-refractivity contribution is 0.0697. The standard InChI is InChI=1S/C14H19ClN2O3/c1-4-5-17(9(2)3)14(20)16-12-7-10(13(18)19)6-11(15)8-12/h6-9H,4-5H2,1-3H3,(H,16,20)(H,18,19). The molecule has 110 valence electrons. The fourth-order valence-corrected chi connectivity index (χ4v) is 2.05. The molecule has 2 N–H and O–H groups in total. The first-order valence-corrected chi connectivity index (χ1v) is 6.84. The van der Waals surface area contributed by atoms with Crippen LogP contribution < -0.4 is 5.32 Å². The smallest absolute Gasteiger partial charge is 0.335 e. The summed E-state index contributed by atoms with van der Waals surface area (Å²) in [5.41, 5.74) is 0.418. The number of nitrogens with zero attached hydrogens (tertiary/aromatic N) is 1. The van der Waals surface area contributed by atoms with Gasteiger partial charge in [-0.15, -0.1) is 0 Å². The highest BCUT2D eigenvalue weighted by Gasteiger charge is 2.16. The van der Waals surface area contributed by atoms with Gasteiger partial charge in [-0.1, -0.05) is 18.5 Å². The highest BCUT2D eigenvalue weighted by molar-refractivity contribution is 6.31. The molecule has 0 fully saturated rings. The average molecular weight is 299 g/mol. The van der Waals surface area contributed by atoms with Crippen LogP contribution >= 0.6 is 11.6 Å². The third-order valence-electron chi connectivity index (χ3n) is 2.74. The summed E-state index contributed by atoms with van der Waals surface area (Å²) in [7, 11) is 0. The summed E-state index contributed by atoms with van der Waals surface area (Å²) in [6.45, 7) is 6.48. The lowest BCUT2D eigenvalue weighted by Gasteiger charge is -2.26. The van der Waals surface area contributed by atoms with E-state index >= 15 is 0 Å². The number of nitrogens with one attached hydrogen (secondary N) is 1. The number of carboxylic acid groups (broad SMARTS) is 1. The minimum absolute atomic E-state index is 0.0411. The number of amides is 2. The number of halogens is 1. The molecule has 0 aliphatic heterocycles. The van der Waals surface area contributed by atoms with Gasteiger partial charge in [0.1, 0.15) is 0 Å². The monoisotopic (exact) mass is 298 g/mol. The lowest BCUT2D eigenvalue weighted by Crippen LogP contribution is -2.40. The zero-order valence-corrected chi connectivity index (χ0v) is 12.6. The molecular formula is C14H19ClN2O3. The Bertz CT molecular complexity index is 503.